The van der Waals surface area contributed by atoms with Gasteiger partial charge in [-0.2, -0.15) is 13.2 Å². The van der Waals surface area contributed by atoms with Gasteiger partial charge in [0, 0.05) is 6.42 Å². The van der Waals surface area contributed by atoms with Crippen LogP contribution in [0.2, 0.25) is 0 Å². The summed E-state index contributed by atoms with van der Waals surface area (Å²) in [5.74, 6) is 0. The monoisotopic (exact) mass is 170 g/mol. The highest BCUT2D eigenvalue weighted by atomic mass is 19.4. The maximum Gasteiger partial charge on any atom is 0.389 e. The molecule has 1 N–H and O–H groups in total. The van der Waals surface area contributed by atoms with Gasteiger partial charge in [-0.1, -0.05) is 6.92 Å². The van der Waals surface area contributed by atoms with Crippen molar-refractivity contribution in [3.63, 3.8) is 0 Å². The second-order valence-corrected chi connectivity index (χ2v) is 2.97. The predicted octanol–water partition coefficient (Wildman–Crippen LogP) is 2.49. The van der Waals surface area contributed by atoms with Gasteiger partial charge < -0.3 is 5.11 Å². The van der Waals surface area contributed by atoms with Crippen LogP contribution in [0.1, 0.15) is 33.1 Å². The number of hydrogen-bond acceptors (Lipinski definition) is 1. The molecule has 11 heavy (non-hydrogen) atoms. The molecule has 0 aliphatic heterocycles. The second kappa shape index (κ2) is 3.43. The van der Waals surface area contributed by atoms with Gasteiger partial charge in [0.25, 0.3) is 0 Å². The van der Waals surface area contributed by atoms with E-state index in [-0.39, 0.29) is 6.42 Å². The van der Waals surface area contributed by atoms with Crippen LogP contribution >= 0.6 is 0 Å². The summed E-state index contributed by atoms with van der Waals surface area (Å²) < 4.78 is 34.8. The molecule has 1 nitrogen and oxygen atoms in total. The number of alkyl halides is 3. The van der Waals surface area contributed by atoms with E-state index in [4.69, 9.17) is 0 Å². The zero-order valence-electron chi connectivity index (χ0n) is 6.70. The van der Waals surface area contributed by atoms with E-state index in [1.54, 1.807) is 6.92 Å². The molecule has 68 valence electrons. The van der Waals surface area contributed by atoms with Crippen molar-refractivity contribution in [3.05, 3.63) is 0 Å². The first-order valence-electron chi connectivity index (χ1n) is 3.56. The van der Waals surface area contributed by atoms with E-state index in [2.05, 4.69) is 0 Å². The van der Waals surface area contributed by atoms with Gasteiger partial charge in [-0.05, 0) is 19.8 Å². The predicted molar refractivity (Wildman–Crippen MR) is 36.2 cm³/mol. The van der Waals surface area contributed by atoms with Crippen LogP contribution in [0, 0.1) is 0 Å². The molecule has 0 spiro atoms. The van der Waals surface area contributed by atoms with Crippen molar-refractivity contribution in [2.75, 3.05) is 0 Å². The van der Waals surface area contributed by atoms with Gasteiger partial charge in [0.2, 0.25) is 0 Å². The van der Waals surface area contributed by atoms with Crippen LogP contribution in [0.5, 0.6) is 0 Å². The van der Waals surface area contributed by atoms with Gasteiger partial charge >= 0.3 is 6.18 Å². The van der Waals surface area contributed by atoms with Gasteiger partial charge in [0.15, 0.2) is 0 Å². The Kier molecular flexibility index (Phi) is 3.35. The number of rotatable bonds is 3. The van der Waals surface area contributed by atoms with Crippen LogP contribution in [-0.2, 0) is 0 Å². The van der Waals surface area contributed by atoms with Crippen molar-refractivity contribution >= 4 is 0 Å². The number of aliphatic hydroxyl groups is 1. The summed E-state index contributed by atoms with van der Waals surface area (Å²) in [6.07, 6.45) is -4.93. The van der Waals surface area contributed by atoms with E-state index in [1.165, 1.54) is 6.92 Å². The molecule has 0 fully saturated rings. The van der Waals surface area contributed by atoms with Gasteiger partial charge in [-0.3, -0.25) is 0 Å². The molecule has 1 atom stereocenters. The summed E-state index contributed by atoms with van der Waals surface area (Å²) in [4.78, 5) is 0. The average molecular weight is 170 g/mol. The van der Waals surface area contributed by atoms with Gasteiger partial charge in [0.1, 0.15) is 0 Å². The van der Waals surface area contributed by atoms with Crippen LogP contribution in [0.25, 0.3) is 0 Å². The van der Waals surface area contributed by atoms with E-state index in [0.717, 1.165) is 0 Å². The van der Waals surface area contributed by atoms with Crippen LogP contribution in [0.4, 0.5) is 13.2 Å². The Morgan fingerprint density at radius 1 is 1.18 bits per heavy atom. The Balaban J connectivity index is 3.70. The third-order valence-electron chi connectivity index (χ3n) is 1.71. The van der Waals surface area contributed by atoms with E-state index in [9.17, 15) is 18.3 Å². The molecule has 0 saturated carbocycles. The van der Waals surface area contributed by atoms with Crippen LogP contribution in [-0.4, -0.2) is 16.9 Å². The Bertz CT molecular complexity index is 117. The van der Waals surface area contributed by atoms with Crippen molar-refractivity contribution in [2.24, 2.45) is 0 Å². The van der Waals surface area contributed by atoms with Crippen molar-refractivity contribution in [1.82, 2.24) is 0 Å². The highest BCUT2D eigenvalue weighted by molar-refractivity contribution is 4.71. The molecule has 0 aromatic rings. The Morgan fingerprint density at radius 2 is 1.64 bits per heavy atom. The Morgan fingerprint density at radius 3 is 1.91 bits per heavy atom. The van der Waals surface area contributed by atoms with Crippen molar-refractivity contribution < 1.29 is 18.3 Å². The molecule has 0 rings (SSSR count). The summed E-state index contributed by atoms with van der Waals surface area (Å²) >= 11 is 0. The summed E-state index contributed by atoms with van der Waals surface area (Å²) in [6, 6.07) is 0. The molecule has 0 aliphatic rings. The van der Waals surface area contributed by atoms with Crippen molar-refractivity contribution in [3.8, 4) is 0 Å². The zero-order valence-corrected chi connectivity index (χ0v) is 6.70. The van der Waals surface area contributed by atoms with Crippen LogP contribution < -0.4 is 0 Å². The average Bonchev–Trinajstić information content (AvgIpc) is 1.83. The lowest BCUT2D eigenvalue weighted by Gasteiger charge is -2.21. The molecule has 4 heteroatoms. The fraction of sp³-hybridized carbons (Fsp3) is 1.00. The molecule has 0 amide bonds. The minimum absolute atomic E-state index is 0.215. The molecule has 1 unspecified atom stereocenters. The lowest BCUT2D eigenvalue weighted by Crippen LogP contribution is -2.25. The SMILES string of the molecule is CCC(C)(O)CCC(F)(F)F. The minimum atomic E-state index is -4.15. The smallest absolute Gasteiger partial charge is 0.389 e. The number of halogens is 3. The van der Waals surface area contributed by atoms with Crippen LogP contribution in [0.15, 0.2) is 0 Å². The largest absolute Gasteiger partial charge is 0.390 e. The summed E-state index contributed by atoms with van der Waals surface area (Å²) in [7, 11) is 0. The molecule has 0 aliphatic carbocycles. The fourth-order valence-corrected chi connectivity index (χ4v) is 0.588. The van der Waals surface area contributed by atoms with E-state index in [1.807, 2.05) is 0 Å². The fourth-order valence-electron chi connectivity index (χ4n) is 0.588. The van der Waals surface area contributed by atoms with Gasteiger partial charge in [0.05, 0.1) is 5.60 Å². The first-order valence-corrected chi connectivity index (χ1v) is 3.56. The Labute approximate surface area is 64.2 Å². The van der Waals surface area contributed by atoms with E-state index >= 15 is 0 Å². The second-order valence-electron chi connectivity index (χ2n) is 2.97. The standard InChI is InChI=1S/C7H13F3O/c1-3-6(2,11)4-5-7(8,9)10/h11H,3-5H2,1-2H3. The van der Waals surface area contributed by atoms with Crippen molar-refractivity contribution in [2.45, 2.75) is 44.9 Å². The third kappa shape index (κ3) is 6.16. The molecule has 0 aromatic carbocycles. The minimum Gasteiger partial charge on any atom is -0.390 e. The molecule has 0 bridgehead atoms. The quantitative estimate of drug-likeness (QED) is 0.689. The van der Waals surface area contributed by atoms with Gasteiger partial charge in [-0.15, -0.1) is 0 Å². The third-order valence-corrected chi connectivity index (χ3v) is 1.71. The molecule has 0 saturated heterocycles. The first-order chi connectivity index (χ1) is 4.77. The summed E-state index contributed by atoms with van der Waals surface area (Å²) in [5.41, 5.74) is -1.17. The van der Waals surface area contributed by atoms with Crippen LogP contribution in [0.3, 0.4) is 0 Å². The number of hydrogen-bond donors (Lipinski definition) is 1. The first kappa shape index (κ1) is 10.8. The zero-order chi connectivity index (χ0) is 9.12. The summed E-state index contributed by atoms with van der Waals surface area (Å²) in [6.45, 7) is 3.08. The topological polar surface area (TPSA) is 20.2 Å². The molecule has 0 radical (unpaired) electrons. The van der Waals surface area contributed by atoms with E-state index < -0.39 is 18.2 Å². The maximum absolute atomic E-state index is 11.6. The molecular weight excluding hydrogens is 157 g/mol. The highest BCUT2D eigenvalue weighted by Gasteiger charge is 2.31. The van der Waals surface area contributed by atoms with E-state index in [0.29, 0.717) is 6.42 Å². The summed E-state index contributed by atoms with van der Waals surface area (Å²) in [5, 5.41) is 9.19. The van der Waals surface area contributed by atoms with Gasteiger partial charge in [-0.25, -0.2) is 0 Å². The lowest BCUT2D eigenvalue weighted by atomic mass is 9.97. The highest BCUT2D eigenvalue weighted by Crippen LogP contribution is 2.26. The lowest BCUT2D eigenvalue weighted by molar-refractivity contribution is -0.145. The molecular formula is C7H13F3O. The molecule has 0 aromatic heterocycles. The normalized spacial score (nSPS) is 18.0. The van der Waals surface area contributed by atoms with Crippen molar-refractivity contribution in [1.29, 1.82) is 0 Å². The maximum atomic E-state index is 11.6. The Hall–Kier alpha value is -0.250. The molecule has 0 heterocycles.